The van der Waals surface area contributed by atoms with Crippen LogP contribution in [0.5, 0.6) is 0 Å². The minimum absolute atomic E-state index is 0.149. The Balaban J connectivity index is 1.73. The number of rotatable bonds is 2. The van der Waals surface area contributed by atoms with Crippen molar-refractivity contribution in [3.63, 3.8) is 0 Å². The highest BCUT2D eigenvalue weighted by Gasteiger charge is 2.56. The highest BCUT2D eigenvalue weighted by molar-refractivity contribution is 5.90. The summed E-state index contributed by atoms with van der Waals surface area (Å²) in [5.41, 5.74) is 5.14. The van der Waals surface area contributed by atoms with Crippen LogP contribution in [0.25, 0.3) is 0 Å². The van der Waals surface area contributed by atoms with Gasteiger partial charge in [-0.3, -0.25) is 0 Å². The second-order valence-electron chi connectivity index (χ2n) is 7.24. The number of carbonyl (C=O) groups is 1. The third-order valence-corrected chi connectivity index (χ3v) is 6.35. The van der Waals surface area contributed by atoms with Gasteiger partial charge in [0.1, 0.15) is 0 Å². The number of ether oxygens (including phenoxy) is 1. The van der Waals surface area contributed by atoms with Gasteiger partial charge in [-0.2, -0.15) is 0 Å². The lowest BCUT2D eigenvalue weighted by Crippen LogP contribution is -2.22. The third-order valence-electron chi connectivity index (χ3n) is 6.35. The molecule has 0 N–H and O–H groups in total. The van der Waals surface area contributed by atoms with Crippen molar-refractivity contribution in [2.75, 3.05) is 7.11 Å². The Morgan fingerprint density at radius 2 is 1.67 bits per heavy atom. The van der Waals surface area contributed by atoms with Gasteiger partial charge in [-0.1, -0.05) is 60.7 Å². The highest BCUT2D eigenvalue weighted by Crippen LogP contribution is 2.67. The molecule has 1 fully saturated rings. The minimum atomic E-state index is -0.149. The second-order valence-corrected chi connectivity index (χ2v) is 7.24. The summed E-state index contributed by atoms with van der Waals surface area (Å²) in [7, 11) is 1.49. The fourth-order valence-corrected chi connectivity index (χ4v) is 5.55. The van der Waals surface area contributed by atoms with E-state index in [1.807, 2.05) is 0 Å². The van der Waals surface area contributed by atoms with Gasteiger partial charge in [0.15, 0.2) is 0 Å². The average molecular weight is 316 g/mol. The van der Waals surface area contributed by atoms with Gasteiger partial charge in [0, 0.05) is 11.5 Å². The van der Waals surface area contributed by atoms with E-state index in [4.69, 9.17) is 4.74 Å². The Morgan fingerprint density at radius 1 is 0.958 bits per heavy atom. The lowest BCUT2D eigenvalue weighted by molar-refractivity contribution is -0.136. The average Bonchev–Trinajstić information content (AvgIpc) is 3.12. The van der Waals surface area contributed by atoms with Gasteiger partial charge in [0.25, 0.3) is 0 Å². The van der Waals surface area contributed by atoms with Crippen LogP contribution in [-0.2, 0) is 9.53 Å². The zero-order chi connectivity index (χ0) is 16.3. The van der Waals surface area contributed by atoms with Crippen LogP contribution < -0.4 is 0 Å². The first kappa shape index (κ1) is 14.0. The lowest BCUT2D eigenvalue weighted by atomic mass is 9.75. The fourth-order valence-electron chi connectivity index (χ4n) is 5.55. The Hall–Kier alpha value is -2.35. The highest BCUT2D eigenvalue weighted by atomic mass is 16.5. The zero-order valence-electron chi connectivity index (χ0n) is 13.7. The Morgan fingerprint density at radius 3 is 2.42 bits per heavy atom. The van der Waals surface area contributed by atoms with E-state index in [1.54, 1.807) is 0 Å². The smallest absolute Gasteiger partial charge is 0.333 e. The van der Waals surface area contributed by atoms with Crippen molar-refractivity contribution < 1.29 is 9.53 Å². The molecule has 0 saturated heterocycles. The molecule has 0 radical (unpaired) electrons. The monoisotopic (exact) mass is 316 g/mol. The largest absolute Gasteiger partial charge is 0.466 e. The molecule has 4 unspecified atom stereocenters. The van der Waals surface area contributed by atoms with Crippen LogP contribution in [0.4, 0.5) is 0 Å². The van der Waals surface area contributed by atoms with Crippen molar-refractivity contribution in [1.82, 2.24) is 0 Å². The molecule has 0 spiro atoms. The van der Waals surface area contributed by atoms with Gasteiger partial charge < -0.3 is 4.74 Å². The summed E-state index contributed by atoms with van der Waals surface area (Å²) >= 11 is 0. The standard InChI is InChI=1S/C22H20O2/c1-24-22(23)19-11-16-14-9-5-6-10-15(14)21-17(16)12-18(19)20(21)13-7-3-2-4-8-13/h2-11,16-18,20-21H,12H2,1H3/t16?,17?,18?,20-,21?/m1/s1. The van der Waals surface area contributed by atoms with E-state index in [9.17, 15) is 4.79 Å². The lowest BCUT2D eigenvalue weighted by Gasteiger charge is -2.29. The predicted octanol–water partition coefficient (Wildman–Crippen LogP) is 4.40. The summed E-state index contributed by atoms with van der Waals surface area (Å²) in [6.07, 6.45) is 3.30. The topological polar surface area (TPSA) is 26.3 Å². The summed E-state index contributed by atoms with van der Waals surface area (Å²) in [6, 6.07) is 19.5. The Bertz CT molecular complexity index is 836. The number of esters is 1. The Labute approximate surface area is 142 Å². The van der Waals surface area contributed by atoms with Crippen LogP contribution in [0.2, 0.25) is 0 Å². The molecule has 0 aliphatic heterocycles. The number of fused-ring (bicyclic) bond motifs is 4. The van der Waals surface area contributed by atoms with Crippen LogP contribution in [0.3, 0.4) is 0 Å². The number of hydrogen-bond acceptors (Lipinski definition) is 2. The summed E-state index contributed by atoms with van der Waals surface area (Å²) in [5, 5.41) is 0. The van der Waals surface area contributed by atoms with Crippen molar-refractivity contribution in [3.8, 4) is 0 Å². The maximum Gasteiger partial charge on any atom is 0.333 e. The van der Waals surface area contributed by atoms with Gasteiger partial charge in [-0.15, -0.1) is 0 Å². The molecule has 1 saturated carbocycles. The van der Waals surface area contributed by atoms with Gasteiger partial charge >= 0.3 is 5.97 Å². The SMILES string of the molecule is COC(=O)C1=CC2c3ccccc3C3C2CC1[C@H]3c1ccccc1. The van der Waals surface area contributed by atoms with Crippen LogP contribution in [0, 0.1) is 11.8 Å². The molecular formula is C22H20O2. The summed E-state index contributed by atoms with van der Waals surface area (Å²) in [4.78, 5) is 12.4. The minimum Gasteiger partial charge on any atom is -0.466 e. The van der Waals surface area contributed by atoms with E-state index >= 15 is 0 Å². The molecule has 0 amide bonds. The van der Waals surface area contributed by atoms with E-state index in [0.29, 0.717) is 23.7 Å². The number of carbonyl (C=O) groups excluding carboxylic acids is 1. The summed E-state index contributed by atoms with van der Waals surface area (Å²) < 4.78 is 5.11. The molecule has 2 aromatic rings. The zero-order valence-corrected chi connectivity index (χ0v) is 13.7. The van der Waals surface area contributed by atoms with Gasteiger partial charge in [0.2, 0.25) is 0 Å². The first-order chi connectivity index (χ1) is 11.8. The summed E-state index contributed by atoms with van der Waals surface area (Å²) in [5.74, 6) is 1.99. The third kappa shape index (κ3) is 1.74. The van der Waals surface area contributed by atoms with Crippen molar-refractivity contribution in [2.24, 2.45) is 11.8 Å². The second kappa shape index (κ2) is 5.07. The molecule has 3 aliphatic carbocycles. The van der Waals surface area contributed by atoms with E-state index in [2.05, 4.69) is 60.7 Å². The molecule has 2 heteroatoms. The van der Waals surface area contributed by atoms with Crippen LogP contribution in [-0.4, -0.2) is 13.1 Å². The first-order valence-corrected chi connectivity index (χ1v) is 8.73. The number of hydrogen-bond donors (Lipinski definition) is 0. The number of allylic oxidation sites excluding steroid dienone is 1. The number of methoxy groups -OCH3 is 1. The molecule has 3 aliphatic rings. The van der Waals surface area contributed by atoms with E-state index < -0.39 is 0 Å². The van der Waals surface area contributed by atoms with Crippen LogP contribution in [0.1, 0.15) is 40.9 Å². The van der Waals surface area contributed by atoms with E-state index in [0.717, 1.165) is 12.0 Å². The van der Waals surface area contributed by atoms with E-state index in [1.165, 1.54) is 23.8 Å². The van der Waals surface area contributed by atoms with Gasteiger partial charge in [0.05, 0.1) is 7.11 Å². The fraction of sp³-hybridized carbons (Fsp3) is 0.318. The molecule has 24 heavy (non-hydrogen) atoms. The van der Waals surface area contributed by atoms with Crippen LogP contribution >= 0.6 is 0 Å². The predicted molar refractivity (Wildman–Crippen MR) is 92.8 cm³/mol. The molecule has 2 aromatic carbocycles. The van der Waals surface area contributed by atoms with Crippen molar-refractivity contribution in [1.29, 1.82) is 0 Å². The maximum atomic E-state index is 12.4. The molecule has 0 aromatic heterocycles. The molecular weight excluding hydrogens is 296 g/mol. The molecule has 2 nitrogen and oxygen atoms in total. The Kier molecular flexibility index (Phi) is 2.97. The molecule has 120 valence electrons. The molecule has 2 bridgehead atoms. The first-order valence-electron chi connectivity index (χ1n) is 8.73. The quantitative estimate of drug-likeness (QED) is 0.768. The molecule has 0 heterocycles. The molecule has 5 rings (SSSR count). The van der Waals surface area contributed by atoms with Crippen molar-refractivity contribution >= 4 is 5.97 Å². The summed E-state index contributed by atoms with van der Waals surface area (Å²) in [6.45, 7) is 0. The van der Waals surface area contributed by atoms with Crippen molar-refractivity contribution in [2.45, 2.75) is 24.2 Å². The maximum absolute atomic E-state index is 12.4. The molecule has 5 atom stereocenters. The van der Waals surface area contributed by atoms with E-state index in [-0.39, 0.29) is 11.9 Å². The van der Waals surface area contributed by atoms with Gasteiger partial charge in [-0.05, 0) is 46.8 Å². The number of benzene rings is 2. The van der Waals surface area contributed by atoms with Crippen molar-refractivity contribution in [3.05, 3.63) is 82.9 Å². The normalized spacial score (nSPS) is 32.2. The van der Waals surface area contributed by atoms with Gasteiger partial charge in [-0.25, -0.2) is 4.79 Å². The van der Waals surface area contributed by atoms with Crippen LogP contribution in [0.15, 0.2) is 66.2 Å².